The van der Waals surface area contributed by atoms with Crippen molar-refractivity contribution in [3.63, 3.8) is 0 Å². The molecule has 1 fully saturated rings. The molecule has 0 saturated carbocycles. The van der Waals surface area contributed by atoms with Gasteiger partial charge >= 0.3 is 0 Å². The van der Waals surface area contributed by atoms with Gasteiger partial charge in [-0.1, -0.05) is 39.0 Å². The summed E-state index contributed by atoms with van der Waals surface area (Å²) in [5.41, 5.74) is 1.44. The van der Waals surface area contributed by atoms with E-state index in [-0.39, 0.29) is 22.4 Å². The Bertz CT molecular complexity index is 726. The average Bonchev–Trinajstić information content (AvgIpc) is 2.89. The third-order valence-corrected chi connectivity index (χ3v) is 4.99. The predicted molar refractivity (Wildman–Crippen MR) is 107 cm³/mol. The highest BCUT2D eigenvalue weighted by atomic mass is 16.2. The van der Waals surface area contributed by atoms with Crippen LogP contribution >= 0.6 is 0 Å². The zero-order valence-electron chi connectivity index (χ0n) is 16.9. The monoisotopic (exact) mass is 356 g/mol. The molecule has 3 rings (SSSR count). The van der Waals surface area contributed by atoms with Gasteiger partial charge in [0.05, 0.1) is 11.1 Å². The van der Waals surface area contributed by atoms with Gasteiger partial charge in [0, 0.05) is 30.7 Å². The van der Waals surface area contributed by atoms with E-state index in [9.17, 15) is 4.79 Å². The number of hydrogen-bond acceptors (Lipinski definition) is 3. The molecule has 142 valence electrons. The lowest BCUT2D eigenvalue weighted by atomic mass is 9.94. The summed E-state index contributed by atoms with van der Waals surface area (Å²) in [5.74, 6) is 1.15. The molecule has 1 spiro atoms. The van der Waals surface area contributed by atoms with E-state index in [0.29, 0.717) is 6.54 Å². The van der Waals surface area contributed by atoms with Crippen LogP contribution in [0.15, 0.2) is 29.3 Å². The number of para-hydroxylation sites is 1. The third-order valence-electron chi connectivity index (χ3n) is 4.99. The maximum Gasteiger partial charge on any atom is 0.228 e. The molecule has 1 saturated heterocycles. The molecular weight excluding hydrogens is 324 g/mol. The number of amidine groups is 1. The minimum atomic E-state index is -0.367. The molecule has 2 aliphatic heterocycles. The molecule has 1 aromatic carbocycles. The number of nitrogens with one attached hydrogen (secondary N) is 2. The average molecular weight is 357 g/mol. The van der Waals surface area contributed by atoms with E-state index in [0.717, 1.165) is 31.0 Å². The maximum atomic E-state index is 12.8. The van der Waals surface area contributed by atoms with Gasteiger partial charge in [-0.15, -0.1) is 0 Å². The molecule has 5 nitrogen and oxygen atoms in total. The van der Waals surface area contributed by atoms with Crippen LogP contribution in [0.1, 0.15) is 53.5 Å². The lowest BCUT2D eigenvalue weighted by molar-refractivity contribution is -0.138. The van der Waals surface area contributed by atoms with Crippen LogP contribution in [0, 0.1) is 5.41 Å². The first kappa shape index (κ1) is 18.9. The Labute approximate surface area is 157 Å². The van der Waals surface area contributed by atoms with Crippen LogP contribution in [0.25, 0.3) is 0 Å². The molecule has 2 N–H and O–H groups in total. The fraction of sp³-hybridized carbons (Fsp3) is 0.619. The SMILES string of the molecule is CC(C)(C)N=C1Nc2ccccc2CN[C@@]12CCN(C(=O)C(C)(C)C)C2. The van der Waals surface area contributed by atoms with Gasteiger partial charge in [0.15, 0.2) is 0 Å². The lowest BCUT2D eigenvalue weighted by Crippen LogP contribution is -2.56. The second kappa shape index (κ2) is 6.38. The smallest absolute Gasteiger partial charge is 0.228 e. The van der Waals surface area contributed by atoms with Crippen molar-refractivity contribution in [1.82, 2.24) is 10.2 Å². The van der Waals surface area contributed by atoms with E-state index in [1.165, 1.54) is 5.56 Å². The predicted octanol–water partition coefficient (Wildman–Crippen LogP) is 3.42. The van der Waals surface area contributed by atoms with Crippen molar-refractivity contribution < 1.29 is 4.79 Å². The molecule has 0 radical (unpaired) electrons. The fourth-order valence-corrected chi connectivity index (χ4v) is 3.66. The standard InChI is InChI=1S/C21H32N4O/c1-19(2,3)18(26)25-12-11-21(14-25)17(24-20(4,5)6)23-16-10-8-7-9-15(16)13-22-21/h7-10,22H,11-14H2,1-6H3,(H,23,24)/t21-/m1/s1. The quantitative estimate of drug-likeness (QED) is 0.749. The minimum absolute atomic E-state index is 0.197. The van der Waals surface area contributed by atoms with Crippen molar-refractivity contribution in [3.8, 4) is 0 Å². The fourth-order valence-electron chi connectivity index (χ4n) is 3.66. The Morgan fingerprint density at radius 1 is 1.15 bits per heavy atom. The van der Waals surface area contributed by atoms with E-state index in [1.54, 1.807) is 0 Å². The highest BCUT2D eigenvalue weighted by Crippen LogP contribution is 2.32. The van der Waals surface area contributed by atoms with E-state index in [1.807, 2.05) is 31.7 Å². The molecule has 0 aliphatic carbocycles. The normalized spacial score (nSPS) is 25.2. The van der Waals surface area contributed by atoms with Crippen molar-refractivity contribution in [3.05, 3.63) is 29.8 Å². The largest absolute Gasteiger partial charge is 0.342 e. The lowest BCUT2D eigenvalue weighted by Gasteiger charge is -2.33. The summed E-state index contributed by atoms with van der Waals surface area (Å²) in [5, 5.41) is 7.33. The van der Waals surface area contributed by atoms with Gasteiger partial charge in [0.25, 0.3) is 0 Å². The molecule has 5 heteroatoms. The molecule has 0 bridgehead atoms. The van der Waals surface area contributed by atoms with Crippen LogP contribution in [0.5, 0.6) is 0 Å². The first-order valence-electron chi connectivity index (χ1n) is 9.50. The number of aliphatic imine (C=N–C) groups is 1. The van der Waals surface area contributed by atoms with Gasteiger partial charge in [-0.05, 0) is 38.8 Å². The third kappa shape index (κ3) is 3.78. The Kier molecular flexibility index (Phi) is 4.63. The van der Waals surface area contributed by atoms with E-state index in [4.69, 9.17) is 4.99 Å². The number of likely N-dealkylation sites (tertiary alicyclic amines) is 1. The molecule has 1 amide bonds. The van der Waals surface area contributed by atoms with Gasteiger partial charge in [0.1, 0.15) is 5.84 Å². The van der Waals surface area contributed by atoms with Gasteiger partial charge in [-0.2, -0.15) is 0 Å². The molecule has 1 aromatic rings. The second-order valence-electron chi connectivity index (χ2n) is 9.58. The molecule has 2 aliphatic rings. The Hall–Kier alpha value is -1.88. The Balaban J connectivity index is 1.97. The molecular formula is C21H32N4O. The summed E-state index contributed by atoms with van der Waals surface area (Å²) >= 11 is 0. The van der Waals surface area contributed by atoms with Gasteiger partial charge in [-0.25, -0.2) is 0 Å². The van der Waals surface area contributed by atoms with Crippen molar-refractivity contribution in [2.75, 3.05) is 18.4 Å². The number of benzene rings is 1. The first-order valence-corrected chi connectivity index (χ1v) is 9.50. The molecule has 2 heterocycles. The molecule has 0 aromatic heterocycles. The summed E-state index contributed by atoms with van der Waals surface area (Å²) in [6.45, 7) is 14.5. The molecule has 0 unspecified atom stereocenters. The minimum Gasteiger partial charge on any atom is -0.342 e. The highest BCUT2D eigenvalue weighted by molar-refractivity contribution is 6.04. The second-order valence-corrected chi connectivity index (χ2v) is 9.58. The summed E-state index contributed by atoms with van der Waals surface area (Å²) < 4.78 is 0. The van der Waals surface area contributed by atoms with Crippen LogP contribution < -0.4 is 10.6 Å². The van der Waals surface area contributed by atoms with Crippen molar-refractivity contribution in [1.29, 1.82) is 0 Å². The van der Waals surface area contributed by atoms with E-state index < -0.39 is 0 Å². The van der Waals surface area contributed by atoms with Crippen LogP contribution in [-0.2, 0) is 11.3 Å². The van der Waals surface area contributed by atoms with Crippen LogP contribution in [-0.4, -0.2) is 40.8 Å². The molecule has 1 atom stereocenters. The van der Waals surface area contributed by atoms with Gasteiger partial charge in [-0.3, -0.25) is 15.1 Å². The number of carbonyl (C=O) groups is 1. The number of fused-ring (bicyclic) bond motifs is 1. The van der Waals surface area contributed by atoms with Crippen molar-refractivity contribution in [2.45, 2.75) is 65.6 Å². The number of rotatable bonds is 0. The first-order chi connectivity index (χ1) is 12.0. The number of hydrogen-bond donors (Lipinski definition) is 2. The van der Waals surface area contributed by atoms with Crippen LogP contribution in [0.4, 0.5) is 5.69 Å². The zero-order chi connectivity index (χ0) is 19.2. The van der Waals surface area contributed by atoms with Crippen LogP contribution in [0.3, 0.4) is 0 Å². The van der Waals surface area contributed by atoms with Gasteiger partial charge in [0.2, 0.25) is 5.91 Å². The number of carbonyl (C=O) groups excluding carboxylic acids is 1. The van der Waals surface area contributed by atoms with Gasteiger partial charge < -0.3 is 10.2 Å². The zero-order valence-corrected chi connectivity index (χ0v) is 16.9. The number of anilines is 1. The highest BCUT2D eigenvalue weighted by Gasteiger charge is 2.47. The number of amides is 1. The van der Waals surface area contributed by atoms with Crippen LogP contribution in [0.2, 0.25) is 0 Å². The summed E-state index contributed by atoms with van der Waals surface area (Å²) in [4.78, 5) is 19.8. The molecule has 26 heavy (non-hydrogen) atoms. The Morgan fingerprint density at radius 2 is 1.85 bits per heavy atom. The van der Waals surface area contributed by atoms with E-state index >= 15 is 0 Å². The summed E-state index contributed by atoms with van der Waals surface area (Å²) in [6, 6.07) is 8.34. The Morgan fingerprint density at radius 3 is 2.50 bits per heavy atom. The van der Waals surface area contributed by atoms with E-state index in [2.05, 4.69) is 49.6 Å². The number of nitrogens with zero attached hydrogens (tertiary/aromatic N) is 2. The topological polar surface area (TPSA) is 56.7 Å². The van der Waals surface area contributed by atoms with Crippen molar-refractivity contribution >= 4 is 17.4 Å². The summed E-state index contributed by atoms with van der Waals surface area (Å²) in [6.07, 6.45) is 0.866. The maximum absolute atomic E-state index is 12.8. The summed E-state index contributed by atoms with van der Waals surface area (Å²) in [7, 11) is 0. The van der Waals surface area contributed by atoms with Crippen molar-refractivity contribution in [2.24, 2.45) is 10.4 Å².